The van der Waals surface area contributed by atoms with E-state index >= 15 is 0 Å². The van der Waals surface area contributed by atoms with Crippen molar-refractivity contribution in [2.24, 2.45) is 5.92 Å². The molecular formula is C30H40N2O5. The lowest BCUT2D eigenvalue weighted by Crippen LogP contribution is -2.52. The zero-order valence-electron chi connectivity index (χ0n) is 22.7. The molecule has 2 aromatic heterocycles. The molecule has 7 heteroatoms. The number of ether oxygens (including phenoxy) is 1. The maximum atomic E-state index is 13.7. The number of furan rings is 1. The van der Waals surface area contributed by atoms with Gasteiger partial charge in [-0.25, -0.2) is 4.79 Å². The van der Waals surface area contributed by atoms with Crippen LogP contribution in [0.3, 0.4) is 0 Å². The number of methoxy groups -OCH3 is 1. The summed E-state index contributed by atoms with van der Waals surface area (Å²) in [5.74, 6) is 1.33. The molecule has 200 valence electrons. The molecule has 37 heavy (non-hydrogen) atoms. The molecule has 1 aromatic carbocycles. The summed E-state index contributed by atoms with van der Waals surface area (Å²) in [7, 11) is 1.69. The van der Waals surface area contributed by atoms with E-state index in [4.69, 9.17) is 13.6 Å². The summed E-state index contributed by atoms with van der Waals surface area (Å²) in [5.41, 5.74) is 3.11. The Bertz CT molecular complexity index is 1340. The van der Waals surface area contributed by atoms with Gasteiger partial charge in [-0.1, -0.05) is 6.42 Å². The number of hydrogen-bond acceptors (Lipinski definition) is 6. The molecule has 0 radical (unpaired) electrons. The van der Waals surface area contributed by atoms with Gasteiger partial charge in [-0.15, -0.1) is 0 Å². The largest absolute Gasteiger partial charge is 0.461 e. The van der Waals surface area contributed by atoms with E-state index in [1.807, 2.05) is 31.7 Å². The highest BCUT2D eigenvalue weighted by Crippen LogP contribution is 2.33. The summed E-state index contributed by atoms with van der Waals surface area (Å²) >= 11 is 0. The number of fused-ring (bicyclic) bond motifs is 3. The van der Waals surface area contributed by atoms with Crippen molar-refractivity contribution < 1.29 is 18.4 Å². The van der Waals surface area contributed by atoms with Crippen molar-refractivity contribution in [2.75, 3.05) is 39.9 Å². The molecule has 2 aliphatic heterocycles. The predicted octanol–water partition coefficient (Wildman–Crippen LogP) is 5.14. The lowest BCUT2D eigenvalue weighted by Gasteiger charge is -2.45. The number of rotatable bonds is 8. The van der Waals surface area contributed by atoms with Gasteiger partial charge >= 0.3 is 5.63 Å². The fraction of sp³-hybridized carbons (Fsp3) is 0.600. The zero-order valence-corrected chi connectivity index (χ0v) is 22.7. The first kappa shape index (κ1) is 26.0. The molecule has 0 bridgehead atoms. The number of benzene rings is 1. The van der Waals surface area contributed by atoms with E-state index in [1.165, 1.54) is 38.8 Å². The van der Waals surface area contributed by atoms with Crippen LogP contribution in [0.4, 0.5) is 0 Å². The summed E-state index contributed by atoms with van der Waals surface area (Å²) in [4.78, 5) is 31.4. The highest BCUT2D eigenvalue weighted by molar-refractivity contribution is 5.97. The van der Waals surface area contributed by atoms with Crippen molar-refractivity contribution in [1.29, 1.82) is 0 Å². The van der Waals surface area contributed by atoms with Gasteiger partial charge in [0.15, 0.2) is 0 Å². The lowest BCUT2D eigenvalue weighted by atomic mass is 9.83. The van der Waals surface area contributed by atoms with Crippen LogP contribution in [0.1, 0.15) is 61.0 Å². The van der Waals surface area contributed by atoms with Gasteiger partial charge in [0.2, 0.25) is 5.91 Å². The van der Waals surface area contributed by atoms with Crippen LogP contribution in [-0.4, -0.2) is 61.6 Å². The van der Waals surface area contributed by atoms with E-state index in [1.54, 1.807) is 13.2 Å². The van der Waals surface area contributed by atoms with Crippen LogP contribution in [0.15, 0.2) is 25.8 Å². The lowest BCUT2D eigenvalue weighted by molar-refractivity contribution is -0.132. The molecule has 3 aromatic rings. The highest BCUT2D eigenvalue weighted by atomic mass is 16.5. The van der Waals surface area contributed by atoms with Crippen LogP contribution in [0.2, 0.25) is 0 Å². The predicted molar refractivity (Wildman–Crippen MR) is 145 cm³/mol. The fourth-order valence-electron chi connectivity index (χ4n) is 6.48. The average molecular weight is 509 g/mol. The van der Waals surface area contributed by atoms with Crippen LogP contribution in [0.25, 0.3) is 21.9 Å². The molecule has 2 aliphatic rings. The van der Waals surface area contributed by atoms with Crippen molar-refractivity contribution in [3.05, 3.63) is 45.0 Å². The molecular weight excluding hydrogens is 468 g/mol. The quantitative estimate of drug-likeness (QED) is 0.310. The summed E-state index contributed by atoms with van der Waals surface area (Å²) in [6, 6.07) is 4.39. The van der Waals surface area contributed by atoms with Crippen molar-refractivity contribution in [3.63, 3.8) is 0 Å². The standard InChI is InChI=1S/C30H40N2O5/c1-19-21(3)36-27-17-28-24(15-23(19)27)20(2)25(30(34)37-28)16-29(33)32(13-8-14-35-4)18-22-9-7-12-31-11-6-5-10-26(22)31/h15,17,22,26H,5-14,16,18H2,1-4H3/t22-,26+/m0/s1. The number of amides is 1. The highest BCUT2D eigenvalue weighted by Gasteiger charge is 2.34. The van der Waals surface area contributed by atoms with Crippen LogP contribution in [0, 0.1) is 26.7 Å². The Kier molecular flexibility index (Phi) is 7.72. The number of nitrogens with zero attached hydrogens (tertiary/aromatic N) is 2. The van der Waals surface area contributed by atoms with Gasteiger partial charge in [0.05, 0.1) is 12.0 Å². The van der Waals surface area contributed by atoms with Gasteiger partial charge in [0.25, 0.3) is 0 Å². The van der Waals surface area contributed by atoms with E-state index in [0.29, 0.717) is 41.8 Å². The van der Waals surface area contributed by atoms with Gasteiger partial charge in [-0.2, -0.15) is 0 Å². The Morgan fingerprint density at radius 2 is 1.78 bits per heavy atom. The molecule has 0 spiro atoms. The summed E-state index contributed by atoms with van der Waals surface area (Å²) in [6.45, 7) is 10.2. The summed E-state index contributed by atoms with van der Waals surface area (Å²) in [5, 5.41) is 1.87. The molecule has 2 atom stereocenters. The van der Waals surface area contributed by atoms with Crippen molar-refractivity contribution >= 4 is 27.8 Å². The van der Waals surface area contributed by atoms with Gasteiger partial charge in [0.1, 0.15) is 16.9 Å². The van der Waals surface area contributed by atoms with E-state index in [2.05, 4.69) is 4.90 Å². The normalized spacial score (nSPS) is 20.4. The number of carbonyl (C=O) groups excluding carboxylic acids is 1. The van der Waals surface area contributed by atoms with E-state index < -0.39 is 5.63 Å². The second-order valence-corrected chi connectivity index (χ2v) is 11.0. The van der Waals surface area contributed by atoms with Crippen molar-refractivity contribution in [3.8, 4) is 0 Å². The zero-order chi connectivity index (χ0) is 26.1. The number of piperidine rings is 2. The van der Waals surface area contributed by atoms with Crippen LogP contribution < -0.4 is 5.63 Å². The van der Waals surface area contributed by atoms with E-state index in [9.17, 15) is 9.59 Å². The van der Waals surface area contributed by atoms with Crippen molar-refractivity contribution in [1.82, 2.24) is 9.80 Å². The first-order chi connectivity index (χ1) is 17.9. The third-order valence-electron chi connectivity index (χ3n) is 8.72. The molecule has 1 amide bonds. The molecule has 4 heterocycles. The number of hydrogen-bond donors (Lipinski definition) is 0. The maximum absolute atomic E-state index is 13.7. The molecule has 0 saturated carbocycles. The van der Waals surface area contributed by atoms with E-state index in [0.717, 1.165) is 47.0 Å². The molecule has 0 N–H and O–H groups in total. The average Bonchev–Trinajstić information content (AvgIpc) is 3.17. The second-order valence-electron chi connectivity index (χ2n) is 11.0. The first-order valence-electron chi connectivity index (χ1n) is 13.8. The van der Waals surface area contributed by atoms with E-state index in [-0.39, 0.29) is 12.3 Å². The van der Waals surface area contributed by atoms with Crippen LogP contribution in [-0.2, 0) is 16.0 Å². The monoisotopic (exact) mass is 508 g/mol. The van der Waals surface area contributed by atoms with Crippen LogP contribution >= 0.6 is 0 Å². The van der Waals surface area contributed by atoms with Crippen LogP contribution in [0.5, 0.6) is 0 Å². The Labute approximate surface area is 218 Å². The Morgan fingerprint density at radius 1 is 1.03 bits per heavy atom. The third kappa shape index (κ3) is 5.21. The third-order valence-corrected chi connectivity index (χ3v) is 8.72. The molecule has 0 unspecified atom stereocenters. The Hall–Kier alpha value is -2.64. The smallest absolute Gasteiger partial charge is 0.340 e. The minimum absolute atomic E-state index is 0.00444. The first-order valence-corrected chi connectivity index (χ1v) is 13.8. The molecule has 2 fully saturated rings. The van der Waals surface area contributed by atoms with Crippen molar-refractivity contribution in [2.45, 2.75) is 71.8 Å². The minimum atomic E-state index is -0.439. The topological polar surface area (TPSA) is 76.1 Å². The minimum Gasteiger partial charge on any atom is -0.461 e. The number of carbonyl (C=O) groups is 1. The SMILES string of the molecule is COCCCN(C[C@@H]1CCCN2CCCC[C@H]12)C(=O)Cc1c(C)c2cc3c(C)c(C)oc3cc2oc1=O. The molecule has 5 rings (SSSR count). The van der Waals surface area contributed by atoms with Gasteiger partial charge in [-0.05, 0) is 89.1 Å². The molecule has 0 aliphatic carbocycles. The second kappa shape index (κ2) is 11.0. The fourth-order valence-corrected chi connectivity index (χ4v) is 6.48. The summed E-state index contributed by atoms with van der Waals surface area (Å²) in [6.07, 6.45) is 6.96. The molecule has 2 saturated heterocycles. The van der Waals surface area contributed by atoms with Gasteiger partial charge in [-0.3, -0.25) is 4.79 Å². The summed E-state index contributed by atoms with van der Waals surface area (Å²) < 4.78 is 16.8. The molecule has 7 nitrogen and oxygen atoms in total. The maximum Gasteiger partial charge on any atom is 0.340 e. The van der Waals surface area contributed by atoms with Gasteiger partial charge < -0.3 is 23.4 Å². The number of aryl methyl sites for hydroxylation is 3. The Balaban J connectivity index is 1.41. The Morgan fingerprint density at radius 3 is 2.59 bits per heavy atom. The van der Waals surface area contributed by atoms with Gasteiger partial charge in [0, 0.05) is 49.7 Å².